The molecule has 0 aromatic heterocycles. The Balaban J connectivity index is 5.54. The van der Waals surface area contributed by atoms with E-state index in [1.165, 1.54) is 0 Å². The molecule has 0 aromatic carbocycles. The third kappa shape index (κ3) is 2.39. The van der Waals surface area contributed by atoms with Gasteiger partial charge in [-0.25, -0.2) is 9.18 Å². The molecule has 0 atom stereocenters. The Morgan fingerprint density at radius 1 is 1.13 bits per heavy atom. The number of carbonyl (C=O) groups is 1. The first-order chi connectivity index (χ1) is 6.58. The van der Waals surface area contributed by atoms with Gasteiger partial charge in [-0.05, 0) is 0 Å². The van der Waals surface area contributed by atoms with Crippen molar-refractivity contribution in [2.24, 2.45) is 0 Å². The summed E-state index contributed by atoms with van der Waals surface area (Å²) in [6, 6.07) is 0. The third-order valence-electron chi connectivity index (χ3n) is 1.34. The van der Waals surface area contributed by atoms with Crippen LogP contribution in [0.15, 0.2) is 11.7 Å². The smallest absolute Gasteiger partial charge is 0.350 e. The second kappa shape index (κ2) is 4.07. The van der Waals surface area contributed by atoms with Gasteiger partial charge in [-0.2, -0.15) is 26.3 Å². The van der Waals surface area contributed by atoms with Crippen molar-refractivity contribution in [3.05, 3.63) is 11.7 Å². The predicted octanol–water partition coefficient (Wildman–Crippen LogP) is 2.46. The summed E-state index contributed by atoms with van der Waals surface area (Å²) in [7, 11) is 0. The van der Waals surface area contributed by atoms with E-state index in [0.717, 1.165) is 0 Å². The van der Waals surface area contributed by atoms with Gasteiger partial charge < -0.3 is 5.11 Å². The Morgan fingerprint density at radius 2 is 1.53 bits per heavy atom. The summed E-state index contributed by atoms with van der Waals surface area (Å²) in [4.78, 5) is 9.88. The largest absolute Gasteiger partial charge is 0.478 e. The second-order valence-corrected chi connectivity index (χ2v) is 2.35. The van der Waals surface area contributed by atoms with Crippen LogP contribution in [0.25, 0.3) is 0 Å². The van der Waals surface area contributed by atoms with E-state index in [1.54, 1.807) is 0 Å². The SMILES string of the molecule is O=C(O)C(=C(F)F)C(F)(F)C(F)(F)CF. The molecule has 0 radical (unpaired) electrons. The van der Waals surface area contributed by atoms with Crippen molar-refractivity contribution >= 4 is 5.97 Å². The van der Waals surface area contributed by atoms with Crippen LogP contribution in [0.5, 0.6) is 0 Å². The van der Waals surface area contributed by atoms with E-state index in [4.69, 9.17) is 5.11 Å². The van der Waals surface area contributed by atoms with Crippen LogP contribution in [-0.4, -0.2) is 29.6 Å². The van der Waals surface area contributed by atoms with Gasteiger partial charge in [0, 0.05) is 0 Å². The highest BCUT2D eigenvalue weighted by molar-refractivity contribution is 5.89. The van der Waals surface area contributed by atoms with Gasteiger partial charge in [0.15, 0.2) is 12.2 Å². The lowest BCUT2D eigenvalue weighted by atomic mass is 10.0. The first kappa shape index (κ1) is 13.7. The molecule has 0 aromatic rings. The number of rotatable bonds is 4. The molecule has 0 amide bonds. The quantitative estimate of drug-likeness (QED) is 0.605. The number of hydrogen-bond acceptors (Lipinski definition) is 1. The number of alkyl halides is 5. The normalized spacial score (nSPS) is 12.5. The minimum Gasteiger partial charge on any atom is -0.478 e. The molecule has 88 valence electrons. The van der Waals surface area contributed by atoms with Gasteiger partial charge in [0.1, 0.15) is 0 Å². The van der Waals surface area contributed by atoms with Gasteiger partial charge in [-0.1, -0.05) is 0 Å². The number of halogens is 7. The number of carboxylic acid groups (broad SMARTS) is 1. The molecule has 0 heterocycles. The van der Waals surface area contributed by atoms with Gasteiger partial charge >= 0.3 is 17.8 Å². The molecule has 1 N–H and O–H groups in total. The van der Waals surface area contributed by atoms with Gasteiger partial charge in [-0.15, -0.1) is 0 Å². The van der Waals surface area contributed by atoms with Gasteiger partial charge in [-0.3, -0.25) is 0 Å². The van der Waals surface area contributed by atoms with Crippen molar-refractivity contribution in [3.8, 4) is 0 Å². The molecule has 0 rings (SSSR count). The first-order valence-corrected chi connectivity index (χ1v) is 3.18. The van der Waals surface area contributed by atoms with Crippen LogP contribution in [0.3, 0.4) is 0 Å². The molecule has 0 saturated carbocycles. The summed E-state index contributed by atoms with van der Waals surface area (Å²) < 4.78 is 84.0. The fourth-order valence-corrected chi connectivity index (χ4v) is 0.601. The highest BCUT2D eigenvalue weighted by Crippen LogP contribution is 2.42. The van der Waals surface area contributed by atoms with Crippen molar-refractivity contribution in [3.63, 3.8) is 0 Å². The predicted molar refractivity (Wildman–Crippen MR) is 32.7 cm³/mol. The summed E-state index contributed by atoms with van der Waals surface area (Å²) >= 11 is 0. The maximum Gasteiger partial charge on any atom is 0.350 e. The number of carboxylic acids is 1. The van der Waals surface area contributed by atoms with Crippen LogP contribution in [0.1, 0.15) is 0 Å². The van der Waals surface area contributed by atoms with Crippen molar-refractivity contribution in [2.75, 3.05) is 6.67 Å². The van der Waals surface area contributed by atoms with E-state index in [0.29, 0.717) is 0 Å². The molecule has 0 spiro atoms. The lowest BCUT2D eigenvalue weighted by Crippen LogP contribution is -2.46. The summed E-state index contributed by atoms with van der Waals surface area (Å²) in [5.74, 6) is -14.2. The Labute approximate surface area is 78.0 Å². The van der Waals surface area contributed by atoms with Crippen LogP contribution in [0.4, 0.5) is 30.7 Å². The van der Waals surface area contributed by atoms with Crippen LogP contribution in [0.2, 0.25) is 0 Å². The summed E-state index contributed by atoms with van der Waals surface area (Å²) in [6.07, 6.45) is -3.50. The monoisotopic (exact) mass is 240 g/mol. The first-order valence-electron chi connectivity index (χ1n) is 3.18. The minimum absolute atomic E-state index is 2.94. The molecule has 0 saturated heterocycles. The van der Waals surface area contributed by atoms with Crippen LogP contribution < -0.4 is 0 Å². The highest BCUT2D eigenvalue weighted by Gasteiger charge is 2.62. The molecule has 0 aliphatic carbocycles. The maximum absolute atomic E-state index is 12.5. The van der Waals surface area contributed by atoms with Crippen molar-refractivity contribution in [1.82, 2.24) is 0 Å². The van der Waals surface area contributed by atoms with E-state index in [2.05, 4.69) is 0 Å². The van der Waals surface area contributed by atoms with Gasteiger partial charge in [0.2, 0.25) is 0 Å². The zero-order chi connectivity index (χ0) is 12.4. The van der Waals surface area contributed by atoms with Crippen molar-refractivity contribution < 1.29 is 40.6 Å². The molecule has 2 nitrogen and oxygen atoms in total. The average Bonchev–Trinajstić information content (AvgIpc) is 2.01. The average molecular weight is 240 g/mol. The van der Waals surface area contributed by atoms with E-state index in [1.807, 2.05) is 0 Å². The van der Waals surface area contributed by atoms with Crippen LogP contribution in [0, 0.1) is 0 Å². The topological polar surface area (TPSA) is 37.3 Å². The molecule has 0 bridgehead atoms. The zero-order valence-corrected chi connectivity index (χ0v) is 6.71. The Hall–Kier alpha value is -1.28. The van der Waals surface area contributed by atoms with E-state index in [-0.39, 0.29) is 0 Å². The Morgan fingerprint density at radius 3 is 1.73 bits per heavy atom. The minimum atomic E-state index is -5.77. The molecular formula is C6H3F7O2. The highest BCUT2D eigenvalue weighted by atomic mass is 19.3. The Bertz CT molecular complexity index is 292. The number of aliphatic carboxylic acids is 1. The van der Waals surface area contributed by atoms with Gasteiger partial charge in [0.05, 0.1) is 0 Å². The zero-order valence-electron chi connectivity index (χ0n) is 6.71. The Kier molecular flexibility index (Phi) is 3.72. The summed E-state index contributed by atoms with van der Waals surface area (Å²) in [5.41, 5.74) is -3.11. The third-order valence-corrected chi connectivity index (χ3v) is 1.34. The van der Waals surface area contributed by atoms with Crippen LogP contribution in [-0.2, 0) is 4.79 Å². The second-order valence-electron chi connectivity index (χ2n) is 2.35. The molecule has 9 heteroatoms. The van der Waals surface area contributed by atoms with Crippen molar-refractivity contribution in [1.29, 1.82) is 0 Å². The van der Waals surface area contributed by atoms with E-state index >= 15 is 0 Å². The molecule has 0 unspecified atom stereocenters. The summed E-state index contributed by atoms with van der Waals surface area (Å²) in [5, 5.41) is 7.86. The van der Waals surface area contributed by atoms with Crippen LogP contribution >= 0.6 is 0 Å². The van der Waals surface area contributed by atoms with Crippen molar-refractivity contribution in [2.45, 2.75) is 11.8 Å². The molecule has 15 heavy (non-hydrogen) atoms. The van der Waals surface area contributed by atoms with E-state index in [9.17, 15) is 35.5 Å². The fraction of sp³-hybridized carbons (Fsp3) is 0.500. The van der Waals surface area contributed by atoms with E-state index < -0.39 is 36.1 Å². The lowest BCUT2D eigenvalue weighted by molar-refractivity contribution is -0.199. The maximum atomic E-state index is 12.5. The molecule has 0 aliphatic rings. The summed E-state index contributed by atoms with van der Waals surface area (Å²) in [6.45, 7) is -2.95. The standard InChI is InChI=1S/C6H3F7O2/c7-1-5(10,11)6(12,13)2(3(8)9)4(14)15/h1H2,(H,14,15). The van der Waals surface area contributed by atoms with Gasteiger partial charge in [0.25, 0.3) is 6.08 Å². The molecular weight excluding hydrogens is 237 g/mol. The lowest BCUT2D eigenvalue weighted by Gasteiger charge is -2.23. The molecule has 0 aliphatic heterocycles. The number of hydrogen-bond donors (Lipinski definition) is 1. The fourth-order valence-electron chi connectivity index (χ4n) is 0.601. The molecule has 0 fully saturated rings.